The zero-order valence-corrected chi connectivity index (χ0v) is 12.7. The van der Waals surface area contributed by atoms with Crippen LogP contribution in [-0.2, 0) is 11.3 Å². The molecule has 5 nitrogen and oxygen atoms in total. The highest BCUT2D eigenvalue weighted by atomic mass is 16.5. The minimum atomic E-state index is -0.972. The SMILES string of the molecule is COc1ccccc1/C=C/C(=O)NCc1ccc(C(=O)O)cc1. The number of carbonyl (C=O) groups is 2. The summed E-state index contributed by atoms with van der Waals surface area (Å²) in [6.07, 6.45) is 3.12. The second-order valence-electron chi connectivity index (χ2n) is 4.80. The number of methoxy groups -OCH3 is 1. The van der Waals surface area contributed by atoms with Gasteiger partial charge < -0.3 is 15.2 Å². The van der Waals surface area contributed by atoms with Gasteiger partial charge in [0.15, 0.2) is 0 Å². The van der Waals surface area contributed by atoms with Crippen molar-refractivity contribution < 1.29 is 19.4 Å². The fourth-order valence-corrected chi connectivity index (χ4v) is 1.98. The number of ether oxygens (including phenoxy) is 1. The summed E-state index contributed by atoms with van der Waals surface area (Å²) >= 11 is 0. The second-order valence-corrected chi connectivity index (χ2v) is 4.80. The van der Waals surface area contributed by atoms with Crippen molar-refractivity contribution in [1.29, 1.82) is 0 Å². The molecular weight excluding hydrogens is 294 g/mol. The highest BCUT2D eigenvalue weighted by Gasteiger charge is 2.03. The van der Waals surface area contributed by atoms with Gasteiger partial charge in [-0.1, -0.05) is 30.3 Å². The van der Waals surface area contributed by atoms with Crippen LogP contribution in [-0.4, -0.2) is 24.1 Å². The van der Waals surface area contributed by atoms with E-state index in [0.29, 0.717) is 12.3 Å². The van der Waals surface area contributed by atoms with E-state index in [0.717, 1.165) is 11.1 Å². The summed E-state index contributed by atoms with van der Waals surface area (Å²) in [6, 6.07) is 13.8. The molecule has 2 rings (SSSR count). The van der Waals surface area contributed by atoms with Crippen LogP contribution in [0.4, 0.5) is 0 Å². The molecule has 0 aromatic heterocycles. The third-order valence-electron chi connectivity index (χ3n) is 3.22. The van der Waals surface area contributed by atoms with E-state index in [4.69, 9.17) is 9.84 Å². The lowest BCUT2D eigenvalue weighted by Crippen LogP contribution is -2.20. The molecule has 2 aromatic carbocycles. The second kappa shape index (κ2) is 7.79. The van der Waals surface area contributed by atoms with E-state index in [2.05, 4.69) is 5.32 Å². The molecule has 0 saturated heterocycles. The van der Waals surface area contributed by atoms with E-state index in [1.165, 1.54) is 18.2 Å². The zero-order chi connectivity index (χ0) is 16.7. The lowest BCUT2D eigenvalue weighted by Gasteiger charge is -2.04. The number of carboxylic acids is 1. The van der Waals surface area contributed by atoms with Crippen LogP contribution in [0.2, 0.25) is 0 Å². The molecule has 2 aromatic rings. The Morgan fingerprint density at radius 3 is 2.48 bits per heavy atom. The molecule has 5 heteroatoms. The van der Waals surface area contributed by atoms with Crippen molar-refractivity contribution in [2.24, 2.45) is 0 Å². The normalized spacial score (nSPS) is 10.5. The minimum Gasteiger partial charge on any atom is -0.496 e. The van der Waals surface area contributed by atoms with Crippen molar-refractivity contribution in [3.8, 4) is 5.75 Å². The highest BCUT2D eigenvalue weighted by molar-refractivity contribution is 5.92. The molecular formula is C18H17NO4. The Morgan fingerprint density at radius 1 is 1.13 bits per heavy atom. The van der Waals surface area contributed by atoms with Crippen molar-refractivity contribution in [3.05, 3.63) is 71.3 Å². The molecule has 0 aliphatic heterocycles. The van der Waals surface area contributed by atoms with Gasteiger partial charge in [0.25, 0.3) is 0 Å². The van der Waals surface area contributed by atoms with Crippen LogP contribution in [0.5, 0.6) is 5.75 Å². The van der Waals surface area contributed by atoms with E-state index in [-0.39, 0.29) is 11.5 Å². The maximum absolute atomic E-state index is 11.8. The van der Waals surface area contributed by atoms with Crippen LogP contribution in [0.3, 0.4) is 0 Å². The van der Waals surface area contributed by atoms with Gasteiger partial charge in [-0.05, 0) is 29.8 Å². The highest BCUT2D eigenvalue weighted by Crippen LogP contribution is 2.18. The predicted octanol–water partition coefficient (Wildman–Crippen LogP) is 2.72. The molecule has 0 aliphatic carbocycles. The van der Waals surface area contributed by atoms with Crippen LogP contribution in [0.25, 0.3) is 6.08 Å². The van der Waals surface area contributed by atoms with Crippen LogP contribution < -0.4 is 10.1 Å². The molecule has 0 aliphatic rings. The number of carboxylic acid groups (broad SMARTS) is 1. The first kappa shape index (κ1) is 16.3. The lowest BCUT2D eigenvalue weighted by atomic mass is 10.1. The van der Waals surface area contributed by atoms with Crippen LogP contribution in [0.15, 0.2) is 54.6 Å². The fraction of sp³-hybridized carbons (Fsp3) is 0.111. The van der Waals surface area contributed by atoms with Gasteiger partial charge in [0, 0.05) is 18.2 Å². The van der Waals surface area contributed by atoms with Crippen LogP contribution in [0.1, 0.15) is 21.5 Å². The summed E-state index contributed by atoms with van der Waals surface area (Å²) in [7, 11) is 1.58. The van der Waals surface area contributed by atoms with Gasteiger partial charge in [0.1, 0.15) is 5.75 Å². The third-order valence-corrected chi connectivity index (χ3v) is 3.22. The van der Waals surface area contributed by atoms with Gasteiger partial charge in [-0.25, -0.2) is 4.79 Å². The first-order chi connectivity index (χ1) is 11.1. The Bertz CT molecular complexity index is 720. The van der Waals surface area contributed by atoms with Crippen LogP contribution >= 0.6 is 0 Å². The quantitative estimate of drug-likeness (QED) is 0.804. The van der Waals surface area contributed by atoms with E-state index in [9.17, 15) is 9.59 Å². The van der Waals surface area contributed by atoms with Gasteiger partial charge in [-0.15, -0.1) is 0 Å². The topological polar surface area (TPSA) is 75.6 Å². The number of hydrogen-bond donors (Lipinski definition) is 2. The van der Waals surface area contributed by atoms with Gasteiger partial charge >= 0.3 is 5.97 Å². The summed E-state index contributed by atoms with van der Waals surface area (Å²) in [5.74, 6) is -0.514. The van der Waals surface area contributed by atoms with Crippen molar-refractivity contribution in [2.75, 3.05) is 7.11 Å². The van der Waals surface area contributed by atoms with Crippen molar-refractivity contribution in [1.82, 2.24) is 5.32 Å². The van der Waals surface area contributed by atoms with E-state index < -0.39 is 5.97 Å². The maximum atomic E-state index is 11.8. The van der Waals surface area contributed by atoms with Gasteiger partial charge in [-0.3, -0.25) is 4.79 Å². The summed E-state index contributed by atoms with van der Waals surface area (Å²) in [6.45, 7) is 0.328. The first-order valence-electron chi connectivity index (χ1n) is 7.01. The number of hydrogen-bond acceptors (Lipinski definition) is 3. The van der Waals surface area contributed by atoms with Gasteiger partial charge in [0.05, 0.1) is 12.7 Å². The maximum Gasteiger partial charge on any atom is 0.335 e. The summed E-state index contributed by atoms with van der Waals surface area (Å²) in [5, 5.41) is 11.6. The smallest absolute Gasteiger partial charge is 0.335 e. The number of para-hydroxylation sites is 1. The molecule has 0 heterocycles. The third kappa shape index (κ3) is 4.71. The van der Waals surface area contributed by atoms with E-state index >= 15 is 0 Å². The fourth-order valence-electron chi connectivity index (χ4n) is 1.98. The Morgan fingerprint density at radius 2 is 1.83 bits per heavy atom. The number of amides is 1. The Hall–Kier alpha value is -3.08. The zero-order valence-electron chi connectivity index (χ0n) is 12.7. The number of carbonyl (C=O) groups excluding carboxylic acids is 1. The Balaban J connectivity index is 1.92. The molecule has 0 bridgehead atoms. The molecule has 0 unspecified atom stereocenters. The van der Waals surface area contributed by atoms with E-state index in [1.807, 2.05) is 24.3 Å². The van der Waals surface area contributed by atoms with E-state index in [1.54, 1.807) is 25.3 Å². The molecule has 0 fully saturated rings. The molecule has 0 spiro atoms. The summed E-state index contributed by atoms with van der Waals surface area (Å²) in [5.41, 5.74) is 1.86. The summed E-state index contributed by atoms with van der Waals surface area (Å²) in [4.78, 5) is 22.6. The van der Waals surface area contributed by atoms with Gasteiger partial charge in [0.2, 0.25) is 5.91 Å². The lowest BCUT2D eigenvalue weighted by molar-refractivity contribution is -0.116. The molecule has 0 radical (unpaired) electrons. The number of nitrogens with one attached hydrogen (secondary N) is 1. The van der Waals surface area contributed by atoms with Gasteiger partial charge in [-0.2, -0.15) is 0 Å². The van der Waals surface area contributed by atoms with Crippen molar-refractivity contribution in [2.45, 2.75) is 6.54 Å². The molecule has 1 amide bonds. The average Bonchev–Trinajstić information content (AvgIpc) is 2.58. The van der Waals surface area contributed by atoms with Crippen LogP contribution in [0, 0.1) is 0 Å². The Kier molecular flexibility index (Phi) is 5.52. The Labute approximate surface area is 134 Å². The number of aromatic carboxylic acids is 1. The first-order valence-corrected chi connectivity index (χ1v) is 7.01. The largest absolute Gasteiger partial charge is 0.496 e. The minimum absolute atomic E-state index is 0.219. The summed E-state index contributed by atoms with van der Waals surface area (Å²) < 4.78 is 5.21. The number of benzene rings is 2. The molecule has 0 atom stereocenters. The van der Waals surface area contributed by atoms with Crippen molar-refractivity contribution >= 4 is 18.0 Å². The molecule has 2 N–H and O–H groups in total. The molecule has 118 valence electrons. The molecule has 0 saturated carbocycles. The monoisotopic (exact) mass is 311 g/mol. The standard InChI is InChI=1S/C18H17NO4/c1-23-16-5-3-2-4-14(16)10-11-17(20)19-12-13-6-8-15(9-7-13)18(21)22/h2-11H,12H2,1H3,(H,19,20)(H,21,22)/b11-10+. The number of rotatable bonds is 6. The predicted molar refractivity (Wildman–Crippen MR) is 87.3 cm³/mol. The average molecular weight is 311 g/mol. The van der Waals surface area contributed by atoms with Crippen molar-refractivity contribution in [3.63, 3.8) is 0 Å². The molecule has 23 heavy (non-hydrogen) atoms.